The molecule has 0 radical (unpaired) electrons. The van der Waals surface area contributed by atoms with Crippen LogP contribution in [0.5, 0.6) is 0 Å². The smallest absolute Gasteiger partial charge is 0.360 e. The number of methoxy groups -OCH3 is 2. The first-order valence-corrected chi connectivity index (χ1v) is 14.9. The average molecular weight is 546 g/mol. The molecular formula is C30H47N3O6. The molecule has 0 amide bonds. The van der Waals surface area contributed by atoms with Crippen LogP contribution in [0.15, 0.2) is 6.20 Å². The van der Waals surface area contributed by atoms with E-state index in [0.717, 1.165) is 58.0 Å². The Morgan fingerprint density at radius 1 is 1.03 bits per heavy atom. The summed E-state index contributed by atoms with van der Waals surface area (Å²) in [5.74, 6) is 1.93. The molecule has 4 saturated carbocycles. The molecule has 0 aliphatic heterocycles. The molecule has 4 aliphatic carbocycles. The molecule has 1 aromatic heterocycles. The molecule has 9 nitrogen and oxygen atoms in total. The minimum atomic E-state index is -0.565. The summed E-state index contributed by atoms with van der Waals surface area (Å²) >= 11 is 0. The summed E-state index contributed by atoms with van der Waals surface area (Å²) in [5, 5.41) is 18.9. The zero-order valence-electron chi connectivity index (χ0n) is 24.2. The Morgan fingerprint density at radius 2 is 1.85 bits per heavy atom. The van der Waals surface area contributed by atoms with Gasteiger partial charge in [0.1, 0.15) is 6.54 Å². The predicted octanol–water partition coefficient (Wildman–Crippen LogP) is 4.08. The Balaban J connectivity index is 1.25. The number of esters is 1. The largest absolute Gasteiger partial charge is 0.461 e. The van der Waals surface area contributed by atoms with Gasteiger partial charge in [-0.2, -0.15) is 0 Å². The first-order valence-electron chi connectivity index (χ1n) is 14.9. The topological polar surface area (TPSA) is 113 Å². The maximum absolute atomic E-state index is 13.7. The lowest BCUT2D eigenvalue weighted by Crippen LogP contribution is -2.58. The molecule has 0 spiro atoms. The number of ketones is 1. The van der Waals surface area contributed by atoms with Gasteiger partial charge < -0.3 is 19.3 Å². The molecule has 0 unspecified atom stereocenters. The molecule has 4 aliphatic rings. The predicted molar refractivity (Wildman–Crippen MR) is 144 cm³/mol. The van der Waals surface area contributed by atoms with Crippen LogP contribution in [-0.4, -0.2) is 71.5 Å². The van der Waals surface area contributed by atoms with Crippen molar-refractivity contribution >= 4 is 11.8 Å². The summed E-state index contributed by atoms with van der Waals surface area (Å²) in [4.78, 5) is 25.9. The van der Waals surface area contributed by atoms with Crippen LogP contribution in [0.3, 0.4) is 0 Å². The standard InChI is InChI=1S/C30H47N3O6/c1-28(36)12-13-30(19-38-4)20(16-28)6-7-21-22-8-9-24(29(22,2)11-10-23(21)30)26(34)18-33-17-25(31-32-33)27(35)39-15-5-14-37-3/h17,20-24,36H,5-16,18-19H2,1-4H3/t20-,21-,22-,23-,24+,28+,29-,30+/m0/s1. The number of fused-ring (bicyclic) bond motifs is 5. The van der Waals surface area contributed by atoms with Gasteiger partial charge in [-0.05, 0) is 99.2 Å². The second kappa shape index (κ2) is 11.2. The fourth-order valence-corrected chi connectivity index (χ4v) is 9.49. The van der Waals surface area contributed by atoms with Gasteiger partial charge in [0.25, 0.3) is 0 Å². The van der Waals surface area contributed by atoms with Gasteiger partial charge in [0.05, 0.1) is 25.0 Å². The van der Waals surface area contributed by atoms with Crippen LogP contribution >= 0.6 is 0 Å². The van der Waals surface area contributed by atoms with E-state index in [-0.39, 0.29) is 41.4 Å². The Labute approximate surface area is 232 Å². The lowest BCUT2D eigenvalue weighted by molar-refractivity contribution is -0.175. The highest BCUT2D eigenvalue weighted by atomic mass is 16.5. The van der Waals surface area contributed by atoms with Gasteiger partial charge in [-0.3, -0.25) is 4.79 Å². The van der Waals surface area contributed by atoms with Gasteiger partial charge in [0.2, 0.25) is 0 Å². The fraction of sp³-hybridized carbons (Fsp3) is 0.867. The molecule has 1 heterocycles. The molecule has 8 atom stereocenters. The zero-order valence-corrected chi connectivity index (χ0v) is 24.2. The molecule has 1 N–H and O–H groups in total. The molecule has 218 valence electrons. The lowest BCUT2D eigenvalue weighted by atomic mass is 9.43. The van der Waals surface area contributed by atoms with Crippen molar-refractivity contribution in [1.29, 1.82) is 0 Å². The Hall–Kier alpha value is -1.84. The van der Waals surface area contributed by atoms with Crippen molar-refractivity contribution in [3.63, 3.8) is 0 Å². The van der Waals surface area contributed by atoms with Crippen LogP contribution in [0.25, 0.3) is 0 Å². The van der Waals surface area contributed by atoms with Crippen LogP contribution < -0.4 is 0 Å². The van der Waals surface area contributed by atoms with Crippen LogP contribution in [0.1, 0.15) is 88.5 Å². The van der Waals surface area contributed by atoms with E-state index in [4.69, 9.17) is 14.2 Å². The molecule has 39 heavy (non-hydrogen) atoms. The maximum atomic E-state index is 13.7. The van der Waals surface area contributed by atoms with E-state index in [2.05, 4.69) is 17.2 Å². The van der Waals surface area contributed by atoms with E-state index >= 15 is 0 Å². The van der Waals surface area contributed by atoms with E-state index in [9.17, 15) is 14.7 Å². The van der Waals surface area contributed by atoms with Gasteiger partial charge in [0.15, 0.2) is 11.5 Å². The molecule has 4 fully saturated rings. The summed E-state index contributed by atoms with van der Waals surface area (Å²) in [6.45, 7) is 6.06. The Morgan fingerprint density at radius 3 is 2.62 bits per heavy atom. The van der Waals surface area contributed by atoms with E-state index in [1.807, 2.05) is 14.0 Å². The highest BCUT2D eigenvalue weighted by Gasteiger charge is 2.63. The van der Waals surface area contributed by atoms with Crippen molar-refractivity contribution < 1.29 is 28.9 Å². The summed E-state index contributed by atoms with van der Waals surface area (Å²) in [6.07, 6.45) is 11.4. The van der Waals surface area contributed by atoms with Gasteiger partial charge in [-0.1, -0.05) is 12.1 Å². The van der Waals surface area contributed by atoms with Gasteiger partial charge in [-0.15, -0.1) is 5.10 Å². The van der Waals surface area contributed by atoms with Crippen molar-refractivity contribution in [1.82, 2.24) is 15.0 Å². The summed E-state index contributed by atoms with van der Waals surface area (Å²) in [6, 6.07) is 0. The van der Waals surface area contributed by atoms with Gasteiger partial charge in [0, 0.05) is 33.2 Å². The third-order valence-electron chi connectivity index (χ3n) is 11.2. The number of hydrogen-bond acceptors (Lipinski definition) is 8. The number of nitrogens with zero attached hydrogens (tertiary/aromatic N) is 3. The number of rotatable bonds is 10. The molecule has 0 saturated heterocycles. The Kier molecular flexibility index (Phi) is 8.24. The number of carbonyl (C=O) groups is 2. The second-order valence-corrected chi connectivity index (χ2v) is 13.4. The van der Waals surface area contributed by atoms with Crippen LogP contribution in [-0.2, 0) is 25.5 Å². The first kappa shape index (κ1) is 28.7. The monoisotopic (exact) mass is 545 g/mol. The maximum Gasteiger partial charge on any atom is 0.360 e. The van der Waals surface area contributed by atoms with Crippen LogP contribution in [0.4, 0.5) is 0 Å². The van der Waals surface area contributed by atoms with E-state index in [1.165, 1.54) is 17.3 Å². The number of ether oxygens (including phenoxy) is 3. The number of hydrogen-bond donors (Lipinski definition) is 1. The molecule has 0 bridgehead atoms. The zero-order chi connectivity index (χ0) is 27.8. The van der Waals surface area contributed by atoms with Crippen molar-refractivity contribution in [2.24, 2.45) is 40.4 Å². The van der Waals surface area contributed by atoms with Crippen LogP contribution in [0, 0.1) is 40.4 Å². The fourth-order valence-electron chi connectivity index (χ4n) is 9.49. The van der Waals surface area contributed by atoms with Crippen molar-refractivity contribution in [3.8, 4) is 0 Å². The number of aliphatic hydroxyl groups is 1. The third-order valence-corrected chi connectivity index (χ3v) is 11.2. The second-order valence-electron chi connectivity index (χ2n) is 13.4. The molecule has 5 rings (SSSR count). The average Bonchev–Trinajstić information content (AvgIpc) is 3.51. The summed E-state index contributed by atoms with van der Waals surface area (Å²) < 4.78 is 17.6. The van der Waals surface area contributed by atoms with Crippen molar-refractivity contribution in [2.45, 2.75) is 90.2 Å². The van der Waals surface area contributed by atoms with Crippen LogP contribution in [0.2, 0.25) is 0 Å². The quantitative estimate of drug-likeness (QED) is 0.346. The SMILES string of the molecule is COCCCOC(=O)c1cn(CC(=O)[C@H]2CC[C@H]3[C@@H]4CC[C@H]5C[C@](C)(O)CC[C@]5(COC)[C@H]4CC[C@]23C)nn1. The number of carbonyl (C=O) groups excluding carboxylic acids is 2. The number of aromatic nitrogens is 3. The normalized spacial score (nSPS) is 39.5. The minimum Gasteiger partial charge on any atom is -0.461 e. The van der Waals surface area contributed by atoms with Gasteiger partial charge >= 0.3 is 5.97 Å². The lowest BCUT2D eigenvalue weighted by Gasteiger charge is -2.62. The van der Waals surface area contributed by atoms with Gasteiger partial charge in [-0.25, -0.2) is 9.48 Å². The third kappa shape index (κ3) is 5.31. The van der Waals surface area contributed by atoms with E-state index < -0.39 is 11.6 Å². The summed E-state index contributed by atoms with van der Waals surface area (Å²) in [7, 11) is 3.43. The molecule has 1 aromatic rings. The van der Waals surface area contributed by atoms with Crippen molar-refractivity contribution in [2.75, 3.05) is 34.0 Å². The highest BCUT2D eigenvalue weighted by Crippen LogP contribution is 2.68. The molecule has 0 aromatic carbocycles. The molecular weight excluding hydrogens is 498 g/mol. The highest BCUT2D eigenvalue weighted by molar-refractivity contribution is 5.87. The molecule has 9 heteroatoms. The van der Waals surface area contributed by atoms with Crippen molar-refractivity contribution in [3.05, 3.63) is 11.9 Å². The van der Waals surface area contributed by atoms with E-state index in [1.54, 1.807) is 7.11 Å². The first-order chi connectivity index (χ1) is 18.6. The number of Topliss-reactive ketones (excluding diaryl/α,β-unsaturated/α-hetero) is 1. The van der Waals surface area contributed by atoms with E-state index in [0.29, 0.717) is 36.7 Å². The Bertz CT molecular complexity index is 1040. The summed E-state index contributed by atoms with van der Waals surface area (Å²) in [5.41, 5.74) is -0.296. The minimum absolute atomic E-state index is 0.000262.